The summed E-state index contributed by atoms with van der Waals surface area (Å²) in [4.78, 5) is 0. The first-order valence-electron chi connectivity index (χ1n) is 6.02. The van der Waals surface area contributed by atoms with Gasteiger partial charge in [0.15, 0.2) is 11.5 Å². The van der Waals surface area contributed by atoms with E-state index in [1.54, 1.807) is 14.2 Å². The van der Waals surface area contributed by atoms with Gasteiger partial charge >= 0.3 is 0 Å². The smallest absolute Gasteiger partial charge is 0.161 e. The molecule has 0 aromatic heterocycles. The minimum absolute atomic E-state index is 0.503. The van der Waals surface area contributed by atoms with Crippen molar-refractivity contribution in [2.75, 3.05) is 14.2 Å². The van der Waals surface area contributed by atoms with Crippen molar-refractivity contribution in [1.29, 1.82) is 0 Å². The molecule has 1 aromatic rings. The maximum absolute atomic E-state index is 5.28. The van der Waals surface area contributed by atoms with Gasteiger partial charge in [-0.25, -0.2) is 0 Å². The maximum Gasteiger partial charge on any atom is 0.161 e. The fourth-order valence-corrected chi connectivity index (χ4v) is 1.51. The summed E-state index contributed by atoms with van der Waals surface area (Å²) in [5.41, 5.74) is 1.20. The molecule has 1 atom stereocenters. The van der Waals surface area contributed by atoms with Gasteiger partial charge in [0.2, 0.25) is 0 Å². The van der Waals surface area contributed by atoms with E-state index in [9.17, 15) is 0 Å². The van der Waals surface area contributed by atoms with Gasteiger partial charge in [0, 0.05) is 12.6 Å². The third-order valence-electron chi connectivity index (χ3n) is 3.08. The number of nitrogens with one attached hydrogen (secondary N) is 1. The molecule has 1 unspecified atom stereocenters. The molecule has 1 aromatic carbocycles. The Morgan fingerprint density at radius 2 is 1.71 bits per heavy atom. The fraction of sp³-hybridized carbons (Fsp3) is 0.571. The summed E-state index contributed by atoms with van der Waals surface area (Å²) in [6.45, 7) is 7.48. The summed E-state index contributed by atoms with van der Waals surface area (Å²) in [6.07, 6.45) is 0. The number of benzene rings is 1. The molecule has 0 fully saturated rings. The Bertz CT molecular complexity index is 350. The highest BCUT2D eigenvalue weighted by atomic mass is 16.5. The van der Waals surface area contributed by atoms with Crippen LogP contribution in [0, 0.1) is 5.92 Å². The molecule has 0 bridgehead atoms. The Labute approximate surface area is 104 Å². The van der Waals surface area contributed by atoms with Gasteiger partial charge in [-0.1, -0.05) is 19.9 Å². The Morgan fingerprint density at radius 3 is 2.24 bits per heavy atom. The number of methoxy groups -OCH3 is 2. The number of hydrogen-bond donors (Lipinski definition) is 1. The Morgan fingerprint density at radius 1 is 1.06 bits per heavy atom. The van der Waals surface area contributed by atoms with E-state index in [1.165, 1.54) is 5.56 Å². The Kier molecular flexibility index (Phi) is 5.29. The predicted molar refractivity (Wildman–Crippen MR) is 70.7 cm³/mol. The molecule has 0 aliphatic heterocycles. The highest BCUT2D eigenvalue weighted by molar-refractivity contribution is 5.42. The minimum atomic E-state index is 0.503. The average molecular weight is 237 g/mol. The van der Waals surface area contributed by atoms with Crippen LogP contribution in [0.25, 0.3) is 0 Å². The van der Waals surface area contributed by atoms with Crippen LogP contribution in [0.2, 0.25) is 0 Å². The van der Waals surface area contributed by atoms with Crippen molar-refractivity contribution in [1.82, 2.24) is 5.32 Å². The van der Waals surface area contributed by atoms with Crippen LogP contribution in [-0.4, -0.2) is 20.3 Å². The summed E-state index contributed by atoms with van der Waals surface area (Å²) in [7, 11) is 3.31. The third-order valence-corrected chi connectivity index (χ3v) is 3.08. The monoisotopic (exact) mass is 237 g/mol. The highest BCUT2D eigenvalue weighted by Gasteiger charge is 2.08. The Hall–Kier alpha value is -1.22. The van der Waals surface area contributed by atoms with Gasteiger partial charge in [-0.2, -0.15) is 0 Å². The zero-order valence-corrected chi connectivity index (χ0v) is 11.4. The second-order valence-corrected chi connectivity index (χ2v) is 4.60. The molecule has 0 radical (unpaired) electrons. The summed E-state index contributed by atoms with van der Waals surface area (Å²) in [6, 6.07) is 6.51. The molecule has 0 aliphatic carbocycles. The van der Waals surface area contributed by atoms with E-state index < -0.39 is 0 Å². The van der Waals surface area contributed by atoms with Crippen molar-refractivity contribution in [2.24, 2.45) is 5.92 Å². The molecule has 17 heavy (non-hydrogen) atoms. The average Bonchev–Trinajstić information content (AvgIpc) is 2.35. The summed E-state index contributed by atoms with van der Waals surface area (Å²) >= 11 is 0. The number of ether oxygens (including phenoxy) is 2. The van der Waals surface area contributed by atoms with Crippen LogP contribution in [-0.2, 0) is 6.54 Å². The largest absolute Gasteiger partial charge is 0.493 e. The predicted octanol–water partition coefficient (Wildman–Crippen LogP) is 2.84. The van der Waals surface area contributed by atoms with E-state index in [-0.39, 0.29) is 0 Å². The van der Waals surface area contributed by atoms with Crippen LogP contribution < -0.4 is 14.8 Å². The molecule has 1 rings (SSSR count). The van der Waals surface area contributed by atoms with Crippen molar-refractivity contribution in [3.63, 3.8) is 0 Å². The van der Waals surface area contributed by atoms with Crippen molar-refractivity contribution in [2.45, 2.75) is 33.4 Å². The summed E-state index contributed by atoms with van der Waals surface area (Å²) in [5, 5.41) is 3.49. The molecule has 3 heteroatoms. The first-order chi connectivity index (χ1) is 8.08. The molecule has 1 N–H and O–H groups in total. The second-order valence-electron chi connectivity index (χ2n) is 4.60. The molecule has 0 aliphatic rings. The van der Waals surface area contributed by atoms with Gasteiger partial charge in [-0.3, -0.25) is 0 Å². The van der Waals surface area contributed by atoms with E-state index in [2.05, 4.69) is 32.2 Å². The first kappa shape index (κ1) is 13.8. The molecule has 0 saturated carbocycles. The number of hydrogen-bond acceptors (Lipinski definition) is 3. The van der Waals surface area contributed by atoms with Crippen molar-refractivity contribution in [3.05, 3.63) is 23.8 Å². The molecule has 0 saturated heterocycles. The lowest BCUT2D eigenvalue weighted by Crippen LogP contribution is -2.30. The summed E-state index contributed by atoms with van der Waals surface area (Å²) in [5.74, 6) is 2.19. The molecular formula is C14H23NO2. The topological polar surface area (TPSA) is 30.5 Å². The standard InChI is InChI=1S/C14H23NO2/c1-10(2)11(3)15-9-12-6-7-13(16-4)14(8-12)17-5/h6-8,10-11,15H,9H2,1-5H3. The van der Waals surface area contributed by atoms with Crippen LogP contribution in [0.5, 0.6) is 11.5 Å². The van der Waals surface area contributed by atoms with Gasteiger partial charge in [0.1, 0.15) is 0 Å². The quantitative estimate of drug-likeness (QED) is 0.825. The normalized spacial score (nSPS) is 12.6. The Balaban J connectivity index is 2.66. The van der Waals surface area contributed by atoms with Crippen LogP contribution in [0.3, 0.4) is 0 Å². The first-order valence-corrected chi connectivity index (χ1v) is 6.02. The van der Waals surface area contributed by atoms with E-state index in [0.717, 1.165) is 18.0 Å². The van der Waals surface area contributed by atoms with Crippen molar-refractivity contribution < 1.29 is 9.47 Å². The SMILES string of the molecule is COc1ccc(CNC(C)C(C)C)cc1OC. The van der Waals surface area contributed by atoms with Gasteiger partial charge in [-0.15, -0.1) is 0 Å². The fourth-order valence-electron chi connectivity index (χ4n) is 1.51. The van der Waals surface area contributed by atoms with Gasteiger partial charge in [0.05, 0.1) is 14.2 Å². The molecular weight excluding hydrogens is 214 g/mol. The summed E-state index contributed by atoms with van der Waals surface area (Å²) < 4.78 is 10.5. The second kappa shape index (κ2) is 6.50. The lowest BCUT2D eigenvalue weighted by atomic mass is 10.1. The molecule has 96 valence electrons. The number of rotatable bonds is 6. The maximum atomic E-state index is 5.28. The minimum Gasteiger partial charge on any atom is -0.493 e. The zero-order valence-electron chi connectivity index (χ0n) is 11.4. The molecule has 3 nitrogen and oxygen atoms in total. The van der Waals surface area contributed by atoms with Crippen LogP contribution in [0.15, 0.2) is 18.2 Å². The van der Waals surface area contributed by atoms with Crippen molar-refractivity contribution >= 4 is 0 Å². The molecule has 0 spiro atoms. The van der Waals surface area contributed by atoms with E-state index in [0.29, 0.717) is 12.0 Å². The van der Waals surface area contributed by atoms with E-state index >= 15 is 0 Å². The third kappa shape index (κ3) is 3.93. The van der Waals surface area contributed by atoms with Crippen LogP contribution in [0.1, 0.15) is 26.3 Å². The van der Waals surface area contributed by atoms with Gasteiger partial charge < -0.3 is 14.8 Å². The lowest BCUT2D eigenvalue weighted by molar-refractivity contribution is 0.354. The van der Waals surface area contributed by atoms with Crippen molar-refractivity contribution in [3.8, 4) is 11.5 Å². The van der Waals surface area contributed by atoms with E-state index in [4.69, 9.17) is 9.47 Å². The zero-order chi connectivity index (χ0) is 12.8. The van der Waals surface area contributed by atoms with E-state index in [1.807, 2.05) is 12.1 Å². The van der Waals surface area contributed by atoms with Gasteiger partial charge in [0.25, 0.3) is 0 Å². The van der Waals surface area contributed by atoms with Crippen LogP contribution in [0.4, 0.5) is 0 Å². The molecule has 0 heterocycles. The van der Waals surface area contributed by atoms with Gasteiger partial charge in [-0.05, 0) is 30.5 Å². The lowest BCUT2D eigenvalue weighted by Gasteiger charge is -2.18. The molecule has 0 amide bonds. The highest BCUT2D eigenvalue weighted by Crippen LogP contribution is 2.27. The van der Waals surface area contributed by atoms with Crippen LogP contribution >= 0.6 is 0 Å².